The van der Waals surface area contributed by atoms with E-state index in [0.29, 0.717) is 5.65 Å². The number of rotatable bonds is 5. The quantitative estimate of drug-likeness (QED) is 0.748. The van der Waals surface area contributed by atoms with Crippen molar-refractivity contribution in [3.63, 3.8) is 0 Å². The van der Waals surface area contributed by atoms with Gasteiger partial charge in [0.1, 0.15) is 11.8 Å². The number of aromatic amines is 1. The largest absolute Gasteiger partial charge is 0.396 e. The topological polar surface area (TPSA) is 77.9 Å². The predicted octanol–water partition coefficient (Wildman–Crippen LogP) is 2.56. The maximum atomic E-state index is 10.2. The number of hydrogen-bond donors (Lipinski definition) is 2. The molecule has 4 rings (SSSR count). The summed E-state index contributed by atoms with van der Waals surface area (Å²) in [6.45, 7) is 1.95. The molecule has 0 saturated carbocycles. The number of fused-ring (bicyclic) bond motifs is 1. The monoisotopic (exact) mass is 337 g/mol. The third-order valence-corrected chi connectivity index (χ3v) is 5.29. The van der Waals surface area contributed by atoms with Crippen LogP contribution in [0, 0.1) is 5.41 Å². The standard InChI is InChI=1S/C19H23N5O/c25-12-19(9-7-15-5-2-1-3-6-15)8-4-10-24(11-19)18-16-17(21-13-20-16)22-14-23-18/h1-3,5-6,13-14,25H,4,7-12H2,(H,20,21,22,23)/t19-/m0/s1. The number of benzene rings is 1. The van der Waals surface area contributed by atoms with Crippen LogP contribution in [0.1, 0.15) is 24.8 Å². The van der Waals surface area contributed by atoms with Crippen LogP contribution >= 0.6 is 0 Å². The number of H-pyrrole nitrogens is 1. The van der Waals surface area contributed by atoms with Gasteiger partial charge in [0.05, 0.1) is 12.9 Å². The first-order valence-electron chi connectivity index (χ1n) is 8.83. The Morgan fingerprint density at radius 1 is 1.16 bits per heavy atom. The van der Waals surface area contributed by atoms with Crippen molar-refractivity contribution in [3.8, 4) is 0 Å². The van der Waals surface area contributed by atoms with Gasteiger partial charge in [0.2, 0.25) is 0 Å². The smallest absolute Gasteiger partial charge is 0.182 e. The summed E-state index contributed by atoms with van der Waals surface area (Å²) in [5, 5.41) is 10.2. The van der Waals surface area contributed by atoms with Crippen molar-refractivity contribution < 1.29 is 5.11 Å². The van der Waals surface area contributed by atoms with Gasteiger partial charge < -0.3 is 15.0 Å². The number of imidazole rings is 1. The van der Waals surface area contributed by atoms with Crippen LogP contribution in [0.25, 0.3) is 11.2 Å². The summed E-state index contributed by atoms with van der Waals surface area (Å²) in [4.78, 5) is 18.3. The van der Waals surface area contributed by atoms with Crippen molar-refractivity contribution in [2.45, 2.75) is 25.7 Å². The van der Waals surface area contributed by atoms with Gasteiger partial charge in [-0.25, -0.2) is 15.0 Å². The number of hydrogen-bond acceptors (Lipinski definition) is 5. The second-order valence-corrected chi connectivity index (χ2v) is 6.97. The molecule has 1 fully saturated rings. The van der Waals surface area contributed by atoms with E-state index >= 15 is 0 Å². The maximum Gasteiger partial charge on any atom is 0.182 e. The van der Waals surface area contributed by atoms with Crippen LogP contribution < -0.4 is 4.90 Å². The van der Waals surface area contributed by atoms with E-state index in [4.69, 9.17) is 0 Å². The summed E-state index contributed by atoms with van der Waals surface area (Å²) in [5.41, 5.74) is 2.80. The summed E-state index contributed by atoms with van der Waals surface area (Å²) in [7, 11) is 0. The van der Waals surface area contributed by atoms with Gasteiger partial charge in [0.15, 0.2) is 11.5 Å². The first-order valence-corrected chi connectivity index (χ1v) is 8.83. The number of nitrogens with zero attached hydrogens (tertiary/aromatic N) is 4. The Morgan fingerprint density at radius 2 is 2.04 bits per heavy atom. The summed E-state index contributed by atoms with van der Waals surface area (Å²) in [5.74, 6) is 0.889. The SMILES string of the molecule is OC[C@]1(CCc2ccccc2)CCCN(c2ncnc3nc[nH]c23)C1. The van der Waals surface area contributed by atoms with Crippen LogP contribution in [0.15, 0.2) is 43.0 Å². The maximum absolute atomic E-state index is 10.2. The van der Waals surface area contributed by atoms with Crippen molar-refractivity contribution in [1.82, 2.24) is 19.9 Å². The highest BCUT2D eigenvalue weighted by atomic mass is 16.3. The van der Waals surface area contributed by atoms with E-state index in [2.05, 4.69) is 49.1 Å². The Kier molecular flexibility index (Phi) is 4.36. The molecule has 1 aliphatic rings. The third-order valence-electron chi connectivity index (χ3n) is 5.29. The van der Waals surface area contributed by atoms with E-state index in [-0.39, 0.29) is 12.0 Å². The van der Waals surface area contributed by atoms with Crippen molar-refractivity contribution in [2.75, 3.05) is 24.6 Å². The van der Waals surface area contributed by atoms with E-state index in [0.717, 1.165) is 50.1 Å². The molecule has 0 bridgehead atoms. The van der Waals surface area contributed by atoms with Crippen molar-refractivity contribution in [3.05, 3.63) is 48.5 Å². The number of aliphatic hydroxyl groups is 1. The molecular weight excluding hydrogens is 314 g/mol. The van der Waals surface area contributed by atoms with E-state index in [1.165, 1.54) is 5.56 Å². The normalized spacial score (nSPS) is 20.9. The van der Waals surface area contributed by atoms with E-state index in [1.807, 2.05) is 6.07 Å². The Balaban J connectivity index is 1.55. The fraction of sp³-hybridized carbons (Fsp3) is 0.421. The molecule has 130 valence electrons. The highest BCUT2D eigenvalue weighted by Gasteiger charge is 2.35. The molecule has 6 nitrogen and oxygen atoms in total. The number of anilines is 1. The molecule has 1 aromatic carbocycles. The first kappa shape index (κ1) is 16.0. The van der Waals surface area contributed by atoms with Gasteiger partial charge in [-0.3, -0.25) is 0 Å². The molecule has 3 aromatic rings. The summed E-state index contributed by atoms with van der Waals surface area (Å²) in [6, 6.07) is 10.5. The molecule has 0 spiro atoms. The third kappa shape index (κ3) is 3.22. The lowest BCUT2D eigenvalue weighted by atomic mass is 9.76. The number of aryl methyl sites for hydroxylation is 1. The molecule has 1 saturated heterocycles. The minimum Gasteiger partial charge on any atom is -0.396 e. The zero-order valence-electron chi connectivity index (χ0n) is 14.2. The Morgan fingerprint density at radius 3 is 2.88 bits per heavy atom. The minimum absolute atomic E-state index is 0.0919. The van der Waals surface area contributed by atoms with Crippen molar-refractivity contribution in [1.29, 1.82) is 0 Å². The van der Waals surface area contributed by atoms with Gasteiger partial charge in [-0.05, 0) is 31.2 Å². The second kappa shape index (κ2) is 6.80. The van der Waals surface area contributed by atoms with Gasteiger partial charge in [-0.15, -0.1) is 0 Å². The van der Waals surface area contributed by atoms with E-state index in [1.54, 1.807) is 12.7 Å². The highest BCUT2D eigenvalue weighted by Crippen LogP contribution is 2.36. The van der Waals surface area contributed by atoms with Crippen LogP contribution in [0.5, 0.6) is 0 Å². The molecule has 2 N–H and O–H groups in total. The number of aromatic nitrogens is 4. The molecule has 0 amide bonds. The second-order valence-electron chi connectivity index (χ2n) is 6.97. The molecule has 0 radical (unpaired) electrons. The van der Waals surface area contributed by atoms with Gasteiger partial charge in [0, 0.05) is 18.5 Å². The van der Waals surface area contributed by atoms with Crippen LogP contribution in [-0.4, -0.2) is 44.7 Å². The van der Waals surface area contributed by atoms with Crippen LogP contribution in [0.2, 0.25) is 0 Å². The summed E-state index contributed by atoms with van der Waals surface area (Å²) < 4.78 is 0. The molecule has 0 unspecified atom stereocenters. The molecule has 1 atom stereocenters. The van der Waals surface area contributed by atoms with Crippen LogP contribution in [0.4, 0.5) is 5.82 Å². The molecule has 6 heteroatoms. The number of piperidine rings is 1. The lowest BCUT2D eigenvalue weighted by molar-refractivity contribution is 0.0963. The molecule has 0 aliphatic carbocycles. The van der Waals surface area contributed by atoms with Gasteiger partial charge in [-0.2, -0.15) is 0 Å². The van der Waals surface area contributed by atoms with Crippen molar-refractivity contribution >= 4 is 17.0 Å². The molecule has 2 aromatic heterocycles. The first-order chi connectivity index (χ1) is 12.3. The summed E-state index contributed by atoms with van der Waals surface area (Å²) in [6.07, 6.45) is 7.28. The molecule has 25 heavy (non-hydrogen) atoms. The van der Waals surface area contributed by atoms with E-state index < -0.39 is 0 Å². The average molecular weight is 337 g/mol. The summed E-state index contributed by atoms with van der Waals surface area (Å²) >= 11 is 0. The minimum atomic E-state index is -0.0919. The van der Waals surface area contributed by atoms with Crippen molar-refractivity contribution in [2.24, 2.45) is 5.41 Å². The highest BCUT2D eigenvalue weighted by molar-refractivity contribution is 5.82. The Labute approximate surface area is 147 Å². The lowest BCUT2D eigenvalue weighted by Gasteiger charge is -2.42. The number of nitrogens with one attached hydrogen (secondary N) is 1. The molecule has 1 aliphatic heterocycles. The lowest BCUT2D eigenvalue weighted by Crippen LogP contribution is -2.46. The fourth-order valence-electron chi connectivity index (χ4n) is 3.85. The fourth-order valence-corrected chi connectivity index (χ4v) is 3.85. The number of aliphatic hydroxyl groups excluding tert-OH is 1. The van der Waals surface area contributed by atoms with Crippen LogP contribution in [-0.2, 0) is 6.42 Å². The van der Waals surface area contributed by atoms with Gasteiger partial charge in [-0.1, -0.05) is 30.3 Å². The molecular formula is C19H23N5O. The molecule has 3 heterocycles. The van der Waals surface area contributed by atoms with E-state index in [9.17, 15) is 5.11 Å². The zero-order chi connectivity index (χ0) is 17.1. The Hall–Kier alpha value is -2.47. The van der Waals surface area contributed by atoms with Crippen LogP contribution in [0.3, 0.4) is 0 Å². The zero-order valence-corrected chi connectivity index (χ0v) is 14.2. The van der Waals surface area contributed by atoms with Gasteiger partial charge >= 0.3 is 0 Å². The average Bonchev–Trinajstić information content (AvgIpc) is 3.16. The van der Waals surface area contributed by atoms with Gasteiger partial charge in [0.25, 0.3) is 0 Å². The predicted molar refractivity (Wildman–Crippen MR) is 97.4 cm³/mol. The Bertz CT molecular complexity index is 834.